The van der Waals surface area contributed by atoms with Gasteiger partial charge < -0.3 is 15.8 Å². The zero-order valence-corrected chi connectivity index (χ0v) is 9.89. The summed E-state index contributed by atoms with van der Waals surface area (Å²) >= 11 is 0. The van der Waals surface area contributed by atoms with Crippen molar-refractivity contribution < 1.29 is 5.11 Å². The molecule has 17 heavy (non-hydrogen) atoms. The van der Waals surface area contributed by atoms with Gasteiger partial charge in [-0.25, -0.2) is 10.8 Å². The molecule has 1 aromatic rings. The minimum absolute atomic E-state index is 0.304. The Kier molecular flexibility index (Phi) is 4.17. The Morgan fingerprint density at radius 3 is 3.00 bits per heavy atom. The number of hydrogen-bond donors (Lipinski definition) is 4. The van der Waals surface area contributed by atoms with E-state index in [-0.39, 0.29) is 0 Å². The molecular weight excluding hydrogens is 216 g/mol. The van der Waals surface area contributed by atoms with Gasteiger partial charge in [0.05, 0.1) is 0 Å². The van der Waals surface area contributed by atoms with Crippen molar-refractivity contribution in [2.75, 3.05) is 23.9 Å². The van der Waals surface area contributed by atoms with Crippen LogP contribution in [0.5, 0.6) is 0 Å². The van der Waals surface area contributed by atoms with E-state index in [1.807, 2.05) is 12.1 Å². The first kappa shape index (κ1) is 12.1. The van der Waals surface area contributed by atoms with E-state index in [1.54, 1.807) is 6.20 Å². The summed E-state index contributed by atoms with van der Waals surface area (Å²) in [5.74, 6) is 6.99. The second-order valence-corrected chi connectivity index (χ2v) is 4.59. The number of pyridine rings is 1. The normalized spacial score (nSPS) is 23.6. The van der Waals surface area contributed by atoms with E-state index in [4.69, 9.17) is 5.84 Å². The summed E-state index contributed by atoms with van der Waals surface area (Å²) in [6, 6.07) is 3.80. The van der Waals surface area contributed by atoms with Crippen LogP contribution in [0.15, 0.2) is 18.3 Å². The third-order valence-electron chi connectivity index (χ3n) is 3.53. The van der Waals surface area contributed by atoms with Crippen molar-refractivity contribution in [2.45, 2.75) is 19.3 Å². The summed E-state index contributed by atoms with van der Waals surface area (Å²) in [6.45, 7) is 1.21. The van der Waals surface area contributed by atoms with Crippen molar-refractivity contribution >= 4 is 11.5 Å². The maximum atomic E-state index is 9.25. The van der Waals surface area contributed by atoms with Crippen LogP contribution in [-0.4, -0.2) is 23.2 Å². The highest BCUT2D eigenvalue weighted by atomic mass is 16.3. The number of aromatic nitrogens is 1. The number of nitrogens with one attached hydrogen (secondary N) is 2. The molecule has 0 aromatic carbocycles. The Morgan fingerprint density at radius 1 is 1.41 bits per heavy atom. The lowest BCUT2D eigenvalue weighted by Crippen LogP contribution is -2.21. The molecular formula is C12H20N4O. The third-order valence-corrected chi connectivity index (χ3v) is 3.53. The summed E-state index contributed by atoms with van der Waals surface area (Å²) in [7, 11) is 0. The second kappa shape index (κ2) is 5.84. The SMILES string of the molecule is NNc1cc(NCC2CCCC2CO)ccn1. The molecule has 0 amide bonds. The quantitative estimate of drug-likeness (QED) is 0.456. The molecule has 0 aliphatic heterocycles. The van der Waals surface area contributed by atoms with Gasteiger partial charge in [-0.15, -0.1) is 0 Å². The topological polar surface area (TPSA) is 83.2 Å². The summed E-state index contributed by atoms with van der Waals surface area (Å²) in [5, 5.41) is 12.6. The van der Waals surface area contributed by atoms with Gasteiger partial charge in [0.2, 0.25) is 0 Å². The van der Waals surface area contributed by atoms with Crippen molar-refractivity contribution in [3.05, 3.63) is 18.3 Å². The fraction of sp³-hybridized carbons (Fsp3) is 0.583. The molecule has 1 aliphatic carbocycles. The predicted molar refractivity (Wildman–Crippen MR) is 68.5 cm³/mol. The molecule has 1 fully saturated rings. The van der Waals surface area contributed by atoms with Gasteiger partial charge in [-0.05, 0) is 30.7 Å². The molecule has 5 nitrogen and oxygen atoms in total. The van der Waals surface area contributed by atoms with Gasteiger partial charge >= 0.3 is 0 Å². The third kappa shape index (κ3) is 3.08. The Morgan fingerprint density at radius 2 is 2.24 bits per heavy atom. The van der Waals surface area contributed by atoms with Gasteiger partial charge in [0.1, 0.15) is 5.82 Å². The van der Waals surface area contributed by atoms with E-state index in [0.29, 0.717) is 24.3 Å². The first-order valence-corrected chi connectivity index (χ1v) is 6.11. The number of hydrazine groups is 1. The molecule has 2 rings (SSSR count). The van der Waals surface area contributed by atoms with Crippen LogP contribution >= 0.6 is 0 Å². The van der Waals surface area contributed by atoms with Gasteiger partial charge in [0.15, 0.2) is 0 Å². The smallest absolute Gasteiger partial charge is 0.141 e. The first-order valence-electron chi connectivity index (χ1n) is 6.11. The second-order valence-electron chi connectivity index (χ2n) is 4.59. The maximum absolute atomic E-state index is 9.25. The monoisotopic (exact) mass is 236 g/mol. The summed E-state index contributed by atoms with van der Waals surface area (Å²) in [5.41, 5.74) is 3.53. The molecule has 0 saturated heterocycles. The minimum Gasteiger partial charge on any atom is -0.396 e. The number of nitrogen functional groups attached to an aromatic ring is 1. The lowest BCUT2D eigenvalue weighted by atomic mass is 9.97. The summed E-state index contributed by atoms with van der Waals surface area (Å²) in [4.78, 5) is 4.05. The molecule has 94 valence electrons. The zero-order chi connectivity index (χ0) is 12.1. The van der Waals surface area contributed by atoms with E-state index < -0.39 is 0 Å². The lowest BCUT2D eigenvalue weighted by Gasteiger charge is -2.18. The molecule has 5 N–H and O–H groups in total. The number of aliphatic hydroxyl groups excluding tert-OH is 1. The van der Waals surface area contributed by atoms with Crippen LogP contribution in [-0.2, 0) is 0 Å². The van der Waals surface area contributed by atoms with Crippen molar-refractivity contribution in [1.82, 2.24) is 4.98 Å². The minimum atomic E-state index is 0.304. The number of rotatable bonds is 5. The average molecular weight is 236 g/mol. The molecule has 2 atom stereocenters. The van der Waals surface area contributed by atoms with Crippen LogP contribution < -0.4 is 16.6 Å². The van der Waals surface area contributed by atoms with Crippen LogP contribution in [0.2, 0.25) is 0 Å². The van der Waals surface area contributed by atoms with E-state index in [0.717, 1.165) is 18.7 Å². The predicted octanol–water partition coefficient (Wildman–Crippen LogP) is 1.19. The Bertz CT molecular complexity index is 358. The molecule has 0 bridgehead atoms. The molecule has 0 spiro atoms. The fourth-order valence-corrected chi connectivity index (χ4v) is 2.49. The Hall–Kier alpha value is -1.33. The van der Waals surface area contributed by atoms with Gasteiger partial charge in [0.25, 0.3) is 0 Å². The molecule has 0 radical (unpaired) electrons. The highest BCUT2D eigenvalue weighted by Gasteiger charge is 2.26. The van der Waals surface area contributed by atoms with Crippen molar-refractivity contribution in [1.29, 1.82) is 0 Å². The molecule has 1 aromatic heterocycles. The van der Waals surface area contributed by atoms with Gasteiger partial charge in [-0.1, -0.05) is 6.42 Å². The molecule has 1 heterocycles. The van der Waals surface area contributed by atoms with Crippen LogP contribution in [0.1, 0.15) is 19.3 Å². The molecule has 2 unspecified atom stereocenters. The lowest BCUT2D eigenvalue weighted by molar-refractivity contribution is 0.199. The van der Waals surface area contributed by atoms with Gasteiger partial charge in [-0.3, -0.25) is 0 Å². The first-order chi connectivity index (χ1) is 8.33. The fourth-order valence-electron chi connectivity index (χ4n) is 2.49. The van der Waals surface area contributed by atoms with E-state index in [9.17, 15) is 5.11 Å². The summed E-state index contributed by atoms with van der Waals surface area (Å²) in [6.07, 6.45) is 5.29. The van der Waals surface area contributed by atoms with E-state index >= 15 is 0 Å². The van der Waals surface area contributed by atoms with E-state index in [2.05, 4.69) is 15.7 Å². The number of aliphatic hydroxyl groups is 1. The van der Waals surface area contributed by atoms with Crippen molar-refractivity contribution in [3.8, 4) is 0 Å². The van der Waals surface area contributed by atoms with Gasteiger partial charge in [0, 0.05) is 31.1 Å². The summed E-state index contributed by atoms with van der Waals surface area (Å²) < 4.78 is 0. The van der Waals surface area contributed by atoms with Crippen molar-refractivity contribution in [2.24, 2.45) is 17.7 Å². The van der Waals surface area contributed by atoms with Crippen LogP contribution in [0.25, 0.3) is 0 Å². The molecule has 1 saturated carbocycles. The number of anilines is 2. The highest BCUT2D eigenvalue weighted by Crippen LogP contribution is 2.31. The zero-order valence-electron chi connectivity index (χ0n) is 9.89. The van der Waals surface area contributed by atoms with E-state index in [1.165, 1.54) is 12.8 Å². The van der Waals surface area contributed by atoms with Crippen molar-refractivity contribution in [3.63, 3.8) is 0 Å². The van der Waals surface area contributed by atoms with Crippen LogP contribution in [0.4, 0.5) is 11.5 Å². The molecule has 1 aliphatic rings. The largest absolute Gasteiger partial charge is 0.396 e. The molecule has 5 heteroatoms. The number of nitrogens with two attached hydrogens (primary N) is 1. The maximum Gasteiger partial charge on any atom is 0.141 e. The highest BCUT2D eigenvalue weighted by molar-refractivity contribution is 5.51. The van der Waals surface area contributed by atoms with Crippen LogP contribution in [0.3, 0.4) is 0 Å². The number of hydrogen-bond acceptors (Lipinski definition) is 5. The average Bonchev–Trinajstić information content (AvgIpc) is 2.84. The van der Waals surface area contributed by atoms with Crippen LogP contribution in [0, 0.1) is 11.8 Å². The van der Waals surface area contributed by atoms with Gasteiger partial charge in [-0.2, -0.15) is 0 Å². The Balaban J connectivity index is 1.88. The standard InChI is InChI=1S/C12H20N4O/c13-16-12-6-11(4-5-14-12)15-7-9-2-1-3-10(9)8-17/h4-6,9-10,17H,1-3,7-8,13H2,(H2,14,15,16). The number of nitrogens with zero attached hydrogens (tertiary/aromatic N) is 1. The Labute approximate surface area is 101 Å².